The molecule has 0 bridgehead atoms. The first-order chi connectivity index (χ1) is 12.9. The maximum Gasteiger partial charge on any atom is 0.407 e. The quantitative estimate of drug-likeness (QED) is 0.727. The normalized spacial score (nSPS) is 19.1. The number of carbonyl (C=O) groups excluding carboxylic acids is 2. The van der Waals surface area contributed by atoms with Crippen molar-refractivity contribution in [2.24, 2.45) is 0 Å². The van der Waals surface area contributed by atoms with Gasteiger partial charge in [0.1, 0.15) is 6.10 Å². The van der Waals surface area contributed by atoms with Crippen LogP contribution in [0.15, 0.2) is 36.4 Å². The summed E-state index contributed by atoms with van der Waals surface area (Å²) in [7, 11) is 0. The molecular weight excluding hydrogens is 344 g/mol. The number of rotatable bonds is 6. The second kappa shape index (κ2) is 7.82. The van der Waals surface area contributed by atoms with Crippen molar-refractivity contribution in [3.63, 3.8) is 0 Å². The van der Waals surface area contributed by atoms with Crippen molar-refractivity contribution < 1.29 is 14.3 Å². The summed E-state index contributed by atoms with van der Waals surface area (Å²) in [5.74, 6) is 0.648. The van der Waals surface area contributed by atoms with Gasteiger partial charge in [0.2, 0.25) is 5.91 Å². The highest BCUT2D eigenvalue weighted by Crippen LogP contribution is 2.38. The largest absolute Gasteiger partial charge is 0.446 e. The summed E-state index contributed by atoms with van der Waals surface area (Å²) in [5.41, 5.74) is 1.23. The molecule has 1 saturated carbocycles. The highest BCUT2D eigenvalue weighted by atomic mass is 16.6. The van der Waals surface area contributed by atoms with E-state index in [0.717, 1.165) is 24.1 Å². The standard InChI is InChI=1S/C20H26N4O3/c1-4-21-19(26)27-15-10-13(11-15)16-12-17(24-23-16)22-18(25)20(2,3)14-8-6-5-7-9-14/h5-9,12-13,15H,4,10-11H2,1-3H3,(H,21,26)(H2,22,23,24,25). The Morgan fingerprint density at radius 1 is 1.26 bits per heavy atom. The van der Waals surface area contributed by atoms with E-state index >= 15 is 0 Å². The Hall–Kier alpha value is -2.83. The predicted octanol–water partition coefficient (Wildman–Crippen LogP) is 3.32. The molecule has 0 saturated heterocycles. The topological polar surface area (TPSA) is 96.1 Å². The number of hydrogen-bond donors (Lipinski definition) is 3. The Bertz CT molecular complexity index is 795. The molecule has 1 aromatic carbocycles. The third-order valence-electron chi connectivity index (χ3n) is 5.03. The van der Waals surface area contributed by atoms with Crippen LogP contribution in [-0.2, 0) is 14.9 Å². The molecule has 1 aliphatic rings. The van der Waals surface area contributed by atoms with Gasteiger partial charge in [-0.05, 0) is 39.2 Å². The molecule has 144 valence electrons. The van der Waals surface area contributed by atoms with E-state index < -0.39 is 5.41 Å². The van der Waals surface area contributed by atoms with Crippen molar-refractivity contribution in [3.05, 3.63) is 47.7 Å². The fourth-order valence-electron chi connectivity index (χ4n) is 3.12. The highest BCUT2D eigenvalue weighted by molar-refractivity contribution is 5.97. The highest BCUT2D eigenvalue weighted by Gasteiger charge is 2.35. The van der Waals surface area contributed by atoms with E-state index in [4.69, 9.17) is 4.74 Å². The average Bonchev–Trinajstić information content (AvgIpc) is 3.06. The van der Waals surface area contributed by atoms with E-state index in [1.54, 1.807) is 0 Å². The molecule has 1 aromatic heterocycles. The molecule has 7 heteroatoms. The summed E-state index contributed by atoms with van der Waals surface area (Å²) in [5, 5.41) is 12.7. The summed E-state index contributed by atoms with van der Waals surface area (Å²) in [4.78, 5) is 24.1. The Balaban J connectivity index is 1.54. The Morgan fingerprint density at radius 2 is 1.96 bits per heavy atom. The minimum atomic E-state index is -0.664. The molecule has 2 amide bonds. The molecule has 0 aliphatic heterocycles. The second-order valence-corrected chi connectivity index (χ2v) is 7.38. The van der Waals surface area contributed by atoms with Crippen LogP contribution in [0.1, 0.15) is 50.8 Å². The molecule has 0 atom stereocenters. The number of alkyl carbamates (subject to hydrolysis) is 1. The Morgan fingerprint density at radius 3 is 2.63 bits per heavy atom. The van der Waals surface area contributed by atoms with Crippen LogP contribution in [-0.4, -0.2) is 34.8 Å². The SMILES string of the molecule is CCNC(=O)OC1CC(c2cc(NC(=O)C(C)(C)c3ccccc3)n[nH]2)C1. The number of anilines is 1. The molecular formula is C20H26N4O3. The number of nitrogens with one attached hydrogen (secondary N) is 3. The van der Waals surface area contributed by atoms with Gasteiger partial charge in [0, 0.05) is 24.2 Å². The van der Waals surface area contributed by atoms with Crippen molar-refractivity contribution in [1.82, 2.24) is 15.5 Å². The van der Waals surface area contributed by atoms with Crippen LogP contribution in [0.5, 0.6) is 0 Å². The lowest BCUT2D eigenvalue weighted by molar-refractivity contribution is -0.120. The zero-order valence-electron chi connectivity index (χ0n) is 15.9. The lowest BCUT2D eigenvalue weighted by Crippen LogP contribution is -2.36. The van der Waals surface area contributed by atoms with Gasteiger partial charge in [0.15, 0.2) is 5.82 Å². The Labute approximate surface area is 158 Å². The number of amides is 2. The molecule has 3 N–H and O–H groups in total. The van der Waals surface area contributed by atoms with Gasteiger partial charge in [-0.25, -0.2) is 4.79 Å². The molecule has 0 radical (unpaired) electrons. The predicted molar refractivity (Wildman–Crippen MR) is 103 cm³/mol. The smallest absolute Gasteiger partial charge is 0.407 e. The maximum absolute atomic E-state index is 12.7. The molecule has 2 aromatic rings. The number of H-pyrrole nitrogens is 1. The maximum atomic E-state index is 12.7. The Kier molecular flexibility index (Phi) is 5.48. The zero-order valence-corrected chi connectivity index (χ0v) is 15.9. The van der Waals surface area contributed by atoms with E-state index in [-0.39, 0.29) is 24.0 Å². The van der Waals surface area contributed by atoms with Crippen LogP contribution in [0, 0.1) is 0 Å². The molecule has 7 nitrogen and oxygen atoms in total. The number of aromatic nitrogens is 2. The minimum Gasteiger partial charge on any atom is -0.446 e. The lowest BCUT2D eigenvalue weighted by Gasteiger charge is -2.33. The van der Waals surface area contributed by atoms with Crippen molar-refractivity contribution >= 4 is 17.8 Å². The first-order valence-electron chi connectivity index (χ1n) is 9.27. The van der Waals surface area contributed by atoms with Crippen molar-refractivity contribution in [1.29, 1.82) is 0 Å². The summed E-state index contributed by atoms with van der Waals surface area (Å²) in [6.45, 7) is 6.18. The van der Waals surface area contributed by atoms with Crippen molar-refractivity contribution in [2.45, 2.75) is 51.0 Å². The summed E-state index contributed by atoms with van der Waals surface area (Å²) in [6.07, 6.45) is 1.06. The van der Waals surface area contributed by atoms with Crippen LogP contribution in [0.4, 0.5) is 10.6 Å². The van der Waals surface area contributed by atoms with Crippen LogP contribution < -0.4 is 10.6 Å². The van der Waals surface area contributed by atoms with Gasteiger partial charge >= 0.3 is 6.09 Å². The third kappa shape index (κ3) is 4.30. The first kappa shape index (κ1) is 18.9. The summed E-state index contributed by atoms with van der Waals surface area (Å²) >= 11 is 0. The average molecular weight is 370 g/mol. The second-order valence-electron chi connectivity index (χ2n) is 7.38. The number of nitrogens with zero attached hydrogens (tertiary/aromatic N) is 1. The molecule has 0 spiro atoms. The number of aromatic amines is 1. The number of benzene rings is 1. The lowest BCUT2D eigenvalue weighted by atomic mass is 9.80. The van der Waals surface area contributed by atoms with E-state index in [9.17, 15) is 9.59 Å². The fourth-order valence-corrected chi connectivity index (χ4v) is 3.12. The fraction of sp³-hybridized carbons (Fsp3) is 0.450. The van der Waals surface area contributed by atoms with Gasteiger partial charge in [-0.3, -0.25) is 9.89 Å². The van der Waals surface area contributed by atoms with Gasteiger partial charge in [-0.2, -0.15) is 5.10 Å². The molecule has 1 aliphatic carbocycles. The molecule has 3 rings (SSSR count). The van der Waals surface area contributed by atoms with Crippen LogP contribution in [0.2, 0.25) is 0 Å². The van der Waals surface area contributed by atoms with E-state index in [2.05, 4.69) is 20.8 Å². The first-order valence-corrected chi connectivity index (χ1v) is 9.27. The molecule has 27 heavy (non-hydrogen) atoms. The summed E-state index contributed by atoms with van der Waals surface area (Å²) < 4.78 is 5.29. The van der Waals surface area contributed by atoms with Gasteiger partial charge in [-0.15, -0.1) is 0 Å². The van der Waals surface area contributed by atoms with Crippen LogP contribution >= 0.6 is 0 Å². The van der Waals surface area contributed by atoms with E-state index in [1.807, 2.05) is 57.2 Å². The van der Waals surface area contributed by atoms with Crippen LogP contribution in [0.25, 0.3) is 0 Å². The van der Waals surface area contributed by atoms with Gasteiger partial charge < -0.3 is 15.4 Å². The summed E-state index contributed by atoms with van der Waals surface area (Å²) in [6, 6.07) is 11.5. The van der Waals surface area contributed by atoms with Gasteiger partial charge in [-0.1, -0.05) is 30.3 Å². The number of carbonyl (C=O) groups is 2. The molecule has 0 unspecified atom stereocenters. The van der Waals surface area contributed by atoms with E-state index in [1.165, 1.54) is 0 Å². The van der Waals surface area contributed by atoms with Gasteiger partial charge in [0.25, 0.3) is 0 Å². The zero-order chi connectivity index (χ0) is 19.4. The monoisotopic (exact) mass is 370 g/mol. The third-order valence-corrected chi connectivity index (χ3v) is 5.03. The number of hydrogen-bond acceptors (Lipinski definition) is 4. The van der Waals surface area contributed by atoms with Gasteiger partial charge in [0.05, 0.1) is 5.41 Å². The molecule has 1 fully saturated rings. The minimum absolute atomic E-state index is 0.0695. The van der Waals surface area contributed by atoms with Crippen molar-refractivity contribution in [3.8, 4) is 0 Å². The number of ether oxygens (including phenoxy) is 1. The molecule has 1 heterocycles. The van der Waals surface area contributed by atoms with E-state index in [0.29, 0.717) is 12.4 Å². The van der Waals surface area contributed by atoms with Crippen molar-refractivity contribution in [2.75, 3.05) is 11.9 Å². The van der Waals surface area contributed by atoms with Crippen LogP contribution in [0.3, 0.4) is 0 Å².